The number of thiocarbonyl (C=S) groups is 1. The average molecular weight is 380 g/mol. The number of thioether (sulfide) groups is 1. The largest absolute Gasteiger partial charge is 0.465 e. The fourth-order valence-electron chi connectivity index (χ4n) is 3.35. The molecule has 0 bridgehead atoms. The van der Waals surface area contributed by atoms with E-state index >= 15 is 0 Å². The molecular formula is C18H25N3O2S2. The Morgan fingerprint density at radius 3 is 2.40 bits per heavy atom. The number of carbonyl (C=O) groups is 1. The van der Waals surface area contributed by atoms with Gasteiger partial charge in [-0.3, -0.25) is 4.90 Å². The smallest absolute Gasteiger partial charge is 0.337 e. The Morgan fingerprint density at radius 2 is 1.80 bits per heavy atom. The minimum atomic E-state index is -0.327. The van der Waals surface area contributed by atoms with Crippen LogP contribution < -0.4 is 5.32 Å². The van der Waals surface area contributed by atoms with Crippen LogP contribution in [0.1, 0.15) is 23.2 Å². The summed E-state index contributed by atoms with van der Waals surface area (Å²) in [6.45, 7) is 4.10. The molecule has 0 saturated carbocycles. The molecule has 0 amide bonds. The molecule has 7 heteroatoms. The monoisotopic (exact) mass is 379 g/mol. The third kappa shape index (κ3) is 4.86. The summed E-state index contributed by atoms with van der Waals surface area (Å²) in [5.74, 6) is 2.27. The lowest BCUT2D eigenvalue weighted by atomic mass is 10.1. The van der Waals surface area contributed by atoms with Gasteiger partial charge in [-0.25, -0.2) is 4.79 Å². The molecule has 25 heavy (non-hydrogen) atoms. The predicted molar refractivity (Wildman–Crippen MR) is 107 cm³/mol. The van der Waals surface area contributed by atoms with Gasteiger partial charge in [-0.05, 0) is 60.8 Å². The molecule has 5 nitrogen and oxygen atoms in total. The van der Waals surface area contributed by atoms with Crippen LogP contribution in [-0.4, -0.2) is 71.7 Å². The lowest BCUT2D eigenvalue weighted by molar-refractivity contribution is 0.0601. The van der Waals surface area contributed by atoms with Gasteiger partial charge >= 0.3 is 5.97 Å². The molecule has 0 spiro atoms. The molecular weight excluding hydrogens is 354 g/mol. The molecule has 2 saturated heterocycles. The van der Waals surface area contributed by atoms with Crippen LogP contribution in [-0.2, 0) is 4.74 Å². The number of nitrogens with zero attached hydrogens (tertiary/aromatic N) is 2. The van der Waals surface area contributed by atoms with E-state index < -0.39 is 0 Å². The first-order valence-corrected chi connectivity index (χ1v) is 10.3. The number of ether oxygens (including phenoxy) is 1. The van der Waals surface area contributed by atoms with E-state index in [2.05, 4.69) is 26.9 Å². The summed E-state index contributed by atoms with van der Waals surface area (Å²) in [6.07, 6.45) is 2.64. The predicted octanol–water partition coefficient (Wildman–Crippen LogP) is 2.68. The molecule has 0 atom stereocenters. The molecule has 0 aliphatic carbocycles. The van der Waals surface area contributed by atoms with Crippen molar-refractivity contribution in [3.05, 3.63) is 29.8 Å². The normalized spacial score (nSPS) is 19.5. The van der Waals surface area contributed by atoms with Crippen molar-refractivity contribution in [1.29, 1.82) is 0 Å². The SMILES string of the molecule is COC(=O)c1ccc(NC(=S)N2CCN(C3CCSCC3)CC2)cc1. The van der Waals surface area contributed by atoms with E-state index in [0.717, 1.165) is 43.0 Å². The van der Waals surface area contributed by atoms with Gasteiger partial charge in [0, 0.05) is 37.9 Å². The number of carbonyl (C=O) groups excluding carboxylic acids is 1. The number of benzene rings is 1. The number of esters is 1. The van der Waals surface area contributed by atoms with Crippen molar-refractivity contribution < 1.29 is 9.53 Å². The second-order valence-electron chi connectivity index (χ2n) is 6.37. The first-order chi connectivity index (χ1) is 12.2. The summed E-state index contributed by atoms with van der Waals surface area (Å²) in [4.78, 5) is 16.3. The Hall–Kier alpha value is -1.31. The van der Waals surface area contributed by atoms with Gasteiger partial charge < -0.3 is 15.0 Å². The summed E-state index contributed by atoms with van der Waals surface area (Å²) >= 11 is 7.64. The van der Waals surface area contributed by atoms with E-state index in [1.165, 1.54) is 31.5 Å². The van der Waals surface area contributed by atoms with Crippen molar-refractivity contribution in [2.75, 3.05) is 50.1 Å². The zero-order valence-corrected chi connectivity index (χ0v) is 16.2. The third-order valence-corrected chi connectivity index (χ3v) is 6.27. The van der Waals surface area contributed by atoms with Gasteiger partial charge in [-0.1, -0.05) is 0 Å². The van der Waals surface area contributed by atoms with Gasteiger partial charge in [0.05, 0.1) is 12.7 Å². The fourth-order valence-corrected chi connectivity index (χ4v) is 4.73. The highest BCUT2D eigenvalue weighted by molar-refractivity contribution is 7.99. The highest BCUT2D eigenvalue weighted by atomic mass is 32.2. The summed E-state index contributed by atoms with van der Waals surface area (Å²) in [7, 11) is 1.38. The number of anilines is 1. The molecule has 2 aliphatic heterocycles. The van der Waals surface area contributed by atoms with Crippen LogP contribution in [0.15, 0.2) is 24.3 Å². The van der Waals surface area contributed by atoms with E-state index in [9.17, 15) is 4.79 Å². The van der Waals surface area contributed by atoms with Crippen molar-refractivity contribution in [2.24, 2.45) is 0 Å². The number of rotatable bonds is 3. The summed E-state index contributed by atoms with van der Waals surface area (Å²) in [6, 6.07) is 7.96. The summed E-state index contributed by atoms with van der Waals surface area (Å²) in [5, 5.41) is 4.03. The third-order valence-electron chi connectivity index (χ3n) is 4.87. The van der Waals surface area contributed by atoms with Crippen molar-refractivity contribution >= 4 is 40.7 Å². The number of methoxy groups -OCH3 is 1. The van der Waals surface area contributed by atoms with Gasteiger partial charge in [0.1, 0.15) is 0 Å². The van der Waals surface area contributed by atoms with Crippen molar-refractivity contribution in [1.82, 2.24) is 9.80 Å². The molecule has 2 heterocycles. The van der Waals surface area contributed by atoms with E-state index in [0.29, 0.717) is 5.56 Å². The number of nitrogens with one attached hydrogen (secondary N) is 1. The molecule has 0 unspecified atom stereocenters. The molecule has 2 fully saturated rings. The van der Waals surface area contributed by atoms with Crippen molar-refractivity contribution in [2.45, 2.75) is 18.9 Å². The van der Waals surface area contributed by atoms with E-state index in [4.69, 9.17) is 17.0 Å². The van der Waals surface area contributed by atoms with Gasteiger partial charge in [-0.2, -0.15) is 11.8 Å². The highest BCUT2D eigenvalue weighted by Gasteiger charge is 2.26. The van der Waals surface area contributed by atoms with Crippen LogP contribution in [0.25, 0.3) is 0 Å². The Bertz CT molecular complexity index is 595. The van der Waals surface area contributed by atoms with Gasteiger partial charge in [-0.15, -0.1) is 0 Å². The summed E-state index contributed by atoms with van der Waals surface area (Å²) < 4.78 is 4.71. The van der Waals surface area contributed by atoms with Crippen molar-refractivity contribution in [3.63, 3.8) is 0 Å². The minimum Gasteiger partial charge on any atom is -0.465 e. The van der Waals surface area contributed by atoms with Crippen LogP contribution in [0.2, 0.25) is 0 Å². The average Bonchev–Trinajstić information content (AvgIpc) is 2.68. The highest BCUT2D eigenvalue weighted by Crippen LogP contribution is 2.23. The first kappa shape index (κ1) is 18.5. The number of piperazine rings is 1. The maximum Gasteiger partial charge on any atom is 0.337 e. The summed E-state index contributed by atoms with van der Waals surface area (Å²) in [5.41, 5.74) is 1.43. The van der Waals surface area contributed by atoms with Gasteiger partial charge in [0.2, 0.25) is 0 Å². The molecule has 3 rings (SSSR count). The van der Waals surface area contributed by atoms with E-state index in [1.807, 2.05) is 12.1 Å². The van der Waals surface area contributed by atoms with Gasteiger partial charge in [0.15, 0.2) is 5.11 Å². The number of hydrogen-bond donors (Lipinski definition) is 1. The quantitative estimate of drug-likeness (QED) is 0.640. The lowest BCUT2D eigenvalue weighted by Crippen LogP contribution is -2.53. The zero-order chi connectivity index (χ0) is 17.6. The molecule has 1 aromatic rings. The fraction of sp³-hybridized carbons (Fsp3) is 0.556. The minimum absolute atomic E-state index is 0.327. The molecule has 1 aromatic carbocycles. The lowest BCUT2D eigenvalue weighted by Gasteiger charge is -2.41. The van der Waals surface area contributed by atoms with Crippen molar-refractivity contribution in [3.8, 4) is 0 Å². The first-order valence-electron chi connectivity index (χ1n) is 8.73. The van der Waals surface area contributed by atoms with Crippen LogP contribution in [0.4, 0.5) is 5.69 Å². The Balaban J connectivity index is 1.48. The van der Waals surface area contributed by atoms with E-state index in [-0.39, 0.29) is 5.97 Å². The topological polar surface area (TPSA) is 44.8 Å². The second-order valence-corrected chi connectivity index (χ2v) is 7.98. The second kappa shape index (κ2) is 8.87. The maximum atomic E-state index is 11.5. The van der Waals surface area contributed by atoms with Crippen LogP contribution in [0.5, 0.6) is 0 Å². The molecule has 0 aromatic heterocycles. The van der Waals surface area contributed by atoms with Crippen LogP contribution >= 0.6 is 24.0 Å². The standard InChI is InChI=1S/C18H25N3O2S2/c1-23-17(22)14-2-4-15(5-3-14)19-18(24)21-10-8-20(9-11-21)16-6-12-25-13-7-16/h2-5,16H,6-13H2,1H3,(H,19,24). The van der Waals surface area contributed by atoms with E-state index in [1.54, 1.807) is 12.1 Å². The molecule has 136 valence electrons. The number of hydrogen-bond acceptors (Lipinski definition) is 5. The maximum absolute atomic E-state index is 11.5. The zero-order valence-electron chi connectivity index (χ0n) is 14.6. The molecule has 2 aliphatic rings. The molecule has 1 N–H and O–H groups in total. The van der Waals surface area contributed by atoms with Crippen LogP contribution in [0, 0.1) is 0 Å². The Labute approximate surface area is 159 Å². The van der Waals surface area contributed by atoms with Crippen LogP contribution in [0.3, 0.4) is 0 Å². The Kier molecular flexibility index (Phi) is 6.56. The van der Waals surface area contributed by atoms with Gasteiger partial charge in [0.25, 0.3) is 0 Å². The molecule has 0 radical (unpaired) electrons. The Morgan fingerprint density at radius 1 is 1.16 bits per heavy atom.